The number of nitrogens with one attached hydrogen (secondary N) is 2. The third kappa shape index (κ3) is 4.57. The second kappa shape index (κ2) is 8.67. The van der Waals surface area contributed by atoms with Gasteiger partial charge in [0.15, 0.2) is 0 Å². The summed E-state index contributed by atoms with van der Waals surface area (Å²) in [4.78, 5) is 28.4. The number of aryl methyl sites for hydroxylation is 2. The molecule has 1 saturated heterocycles. The van der Waals surface area contributed by atoms with Gasteiger partial charge in [-0.25, -0.2) is 0 Å². The first-order valence-corrected chi connectivity index (χ1v) is 10.3. The Morgan fingerprint density at radius 2 is 1.96 bits per heavy atom. The minimum Gasteiger partial charge on any atom is -0.346 e. The molecule has 2 N–H and O–H groups in total. The molecule has 0 spiro atoms. The Kier molecular flexibility index (Phi) is 6.29. The molecule has 2 aromatic rings. The van der Waals surface area contributed by atoms with Crippen LogP contribution in [0.3, 0.4) is 0 Å². The highest BCUT2D eigenvalue weighted by molar-refractivity contribution is 7.10. The van der Waals surface area contributed by atoms with Crippen LogP contribution in [-0.4, -0.2) is 35.8 Å². The van der Waals surface area contributed by atoms with Gasteiger partial charge >= 0.3 is 0 Å². The molecule has 1 aliphatic heterocycles. The zero-order valence-corrected chi connectivity index (χ0v) is 16.9. The van der Waals surface area contributed by atoms with E-state index in [1.807, 2.05) is 39.0 Å². The summed E-state index contributed by atoms with van der Waals surface area (Å²) in [6.45, 7) is 6.73. The molecule has 1 aliphatic rings. The Balaban J connectivity index is 1.55. The van der Waals surface area contributed by atoms with Gasteiger partial charge in [-0.3, -0.25) is 14.5 Å². The summed E-state index contributed by atoms with van der Waals surface area (Å²) in [5.74, 6) is -0.306. The van der Waals surface area contributed by atoms with E-state index in [9.17, 15) is 9.59 Å². The number of hydrogen-bond acceptors (Lipinski definition) is 4. The average Bonchev–Trinajstić information content (AvgIpc) is 3.33. The Morgan fingerprint density at radius 1 is 1.22 bits per heavy atom. The van der Waals surface area contributed by atoms with E-state index in [4.69, 9.17) is 0 Å². The molecule has 2 atom stereocenters. The molecule has 144 valence electrons. The highest BCUT2D eigenvalue weighted by Crippen LogP contribution is 2.35. The molecule has 1 aromatic carbocycles. The maximum Gasteiger partial charge on any atom is 0.243 e. The van der Waals surface area contributed by atoms with Gasteiger partial charge in [0.25, 0.3) is 0 Å². The van der Waals surface area contributed by atoms with Crippen molar-refractivity contribution >= 4 is 28.8 Å². The summed E-state index contributed by atoms with van der Waals surface area (Å²) in [6.07, 6.45) is 2.17. The Morgan fingerprint density at radius 3 is 2.63 bits per heavy atom. The zero-order valence-electron chi connectivity index (χ0n) is 16.1. The van der Waals surface area contributed by atoms with Crippen LogP contribution in [0.5, 0.6) is 0 Å². The normalized spacial score (nSPS) is 18.3. The Hall–Kier alpha value is -2.18. The topological polar surface area (TPSA) is 61.4 Å². The van der Waals surface area contributed by atoms with E-state index >= 15 is 0 Å². The quantitative estimate of drug-likeness (QED) is 0.798. The van der Waals surface area contributed by atoms with Crippen molar-refractivity contribution < 1.29 is 9.59 Å². The van der Waals surface area contributed by atoms with Crippen LogP contribution in [0.4, 0.5) is 5.69 Å². The molecule has 1 aromatic heterocycles. The monoisotopic (exact) mass is 385 g/mol. The number of amides is 2. The molecule has 0 aliphatic carbocycles. The standard InChI is InChI=1S/C21H27N3O2S/c1-14-7-4-8-15(2)20(14)23-19(25)13-22-21(26)16(3)24-11-5-9-17(24)18-10-6-12-27-18/h4,6-8,10,12,16-17H,5,9,11,13H2,1-3H3,(H,22,26)(H,23,25)/t16-,17+/m1/s1. The number of likely N-dealkylation sites (tertiary alicyclic amines) is 1. The Bertz CT molecular complexity index is 784. The molecule has 2 heterocycles. The van der Waals surface area contributed by atoms with Gasteiger partial charge in [-0.1, -0.05) is 24.3 Å². The summed E-state index contributed by atoms with van der Waals surface area (Å²) in [6, 6.07) is 10.1. The van der Waals surface area contributed by atoms with Crippen molar-refractivity contribution in [2.45, 2.75) is 45.7 Å². The number of hydrogen-bond donors (Lipinski definition) is 2. The third-order valence-electron chi connectivity index (χ3n) is 5.21. The number of benzene rings is 1. The number of rotatable bonds is 6. The first kappa shape index (κ1) is 19.6. The second-order valence-corrected chi connectivity index (χ2v) is 8.10. The molecule has 0 unspecified atom stereocenters. The molecule has 27 heavy (non-hydrogen) atoms. The first-order valence-electron chi connectivity index (χ1n) is 9.40. The molecule has 2 amide bonds. The van der Waals surface area contributed by atoms with Gasteiger partial charge in [0.2, 0.25) is 11.8 Å². The van der Waals surface area contributed by atoms with Gasteiger partial charge < -0.3 is 10.6 Å². The predicted molar refractivity (Wildman–Crippen MR) is 110 cm³/mol. The van der Waals surface area contributed by atoms with E-state index in [1.54, 1.807) is 11.3 Å². The fraction of sp³-hybridized carbons (Fsp3) is 0.429. The molecule has 0 bridgehead atoms. The van der Waals surface area contributed by atoms with Crippen LogP contribution in [0.25, 0.3) is 0 Å². The molecule has 3 rings (SSSR count). The van der Waals surface area contributed by atoms with Crippen molar-refractivity contribution in [1.29, 1.82) is 0 Å². The number of anilines is 1. The predicted octanol–water partition coefficient (Wildman–Crippen LogP) is 3.65. The zero-order chi connectivity index (χ0) is 19.4. The van der Waals surface area contributed by atoms with Crippen LogP contribution in [0, 0.1) is 13.8 Å². The minimum absolute atomic E-state index is 0.0194. The highest BCUT2D eigenvalue weighted by Gasteiger charge is 2.33. The van der Waals surface area contributed by atoms with Crippen LogP contribution in [0.15, 0.2) is 35.7 Å². The fourth-order valence-corrected chi connectivity index (χ4v) is 4.58. The second-order valence-electron chi connectivity index (χ2n) is 7.12. The molecule has 0 radical (unpaired) electrons. The molecule has 0 saturated carbocycles. The van der Waals surface area contributed by atoms with Crippen molar-refractivity contribution in [3.8, 4) is 0 Å². The maximum absolute atomic E-state index is 12.6. The number of thiophene rings is 1. The third-order valence-corrected chi connectivity index (χ3v) is 6.18. The molecular weight excluding hydrogens is 358 g/mol. The minimum atomic E-state index is -0.257. The fourth-order valence-electron chi connectivity index (χ4n) is 3.70. The largest absolute Gasteiger partial charge is 0.346 e. The summed E-state index contributed by atoms with van der Waals surface area (Å²) in [5.41, 5.74) is 2.85. The lowest BCUT2D eigenvalue weighted by Crippen LogP contribution is -2.46. The SMILES string of the molecule is Cc1cccc(C)c1NC(=O)CNC(=O)[C@@H](C)N1CCC[C@H]1c1cccs1. The van der Waals surface area contributed by atoms with E-state index in [1.165, 1.54) is 4.88 Å². The van der Waals surface area contributed by atoms with Crippen LogP contribution in [0.1, 0.15) is 41.8 Å². The number of nitrogens with zero attached hydrogens (tertiary/aromatic N) is 1. The number of para-hydroxylation sites is 1. The van der Waals surface area contributed by atoms with E-state index in [0.717, 1.165) is 36.2 Å². The molecule has 5 nitrogen and oxygen atoms in total. The van der Waals surface area contributed by atoms with Crippen molar-refractivity contribution in [1.82, 2.24) is 10.2 Å². The van der Waals surface area contributed by atoms with Crippen molar-refractivity contribution in [3.05, 3.63) is 51.7 Å². The van der Waals surface area contributed by atoms with E-state index in [-0.39, 0.29) is 24.4 Å². The van der Waals surface area contributed by atoms with Crippen molar-refractivity contribution in [3.63, 3.8) is 0 Å². The van der Waals surface area contributed by atoms with Gasteiger partial charge in [0.05, 0.1) is 12.6 Å². The maximum atomic E-state index is 12.6. The lowest BCUT2D eigenvalue weighted by Gasteiger charge is -2.29. The molecular formula is C21H27N3O2S. The van der Waals surface area contributed by atoms with Crippen LogP contribution in [0.2, 0.25) is 0 Å². The summed E-state index contributed by atoms with van der Waals surface area (Å²) < 4.78 is 0. The van der Waals surface area contributed by atoms with Gasteiger partial charge in [-0.15, -0.1) is 11.3 Å². The first-order chi connectivity index (χ1) is 13.0. The van der Waals surface area contributed by atoms with Gasteiger partial charge in [0.1, 0.15) is 0 Å². The van der Waals surface area contributed by atoms with Crippen LogP contribution in [-0.2, 0) is 9.59 Å². The lowest BCUT2D eigenvalue weighted by molar-refractivity contribution is -0.128. The van der Waals surface area contributed by atoms with E-state index in [0.29, 0.717) is 6.04 Å². The van der Waals surface area contributed by atoms with Gasteiger partial charge in [0, 0.05) is 16.6 Å². The molecule has 6 heteroatoms. The lowest BCUT2D eigenvalue weighted by atomic mass is 10.1. The average molecular weight is 386 g/mol. The smallest absolute Gasteiger partial charge is 0.243 e. The number of carbonyl (C=O) groups excluding carboxylic acids is 2. The summed E-state index contributed by atoms with van der Waals surface area (Å²) in [7, 11) is 0. The van der Waals surface area contributed by atoms with Gasteiger partial charge in [-0.05, 0) is 62.7 Å². The van der Waals surface area contributed by atoms with E-state index < -0.39 is 0 Å². The van der Waals surface area contributed by atoms with Crippen molar-refractivity contribution in [2.24, 2.45) is 0 Å². The molecule has 1 fully saturated rings. The van der Waals surface area contributed by atoms with E-state index in [2.05, 4.69) is 33.0 Å². The van der Waals surface area contributed by atoms with Crippen LogP contribution < -0.4 is 10.6 Å². The number of carbonyl (C=O) groups is 2. The Labute approximate surface area is 164 Å². The van der Waals surface area contributed by atoms with Crippen molar-refractivity contribution in [2.75, 3.05) is 18.4 Å². The summed E-state index contributed by atoms with van der Waals surface area (Å²) in [5, 5.41) is 7.78. The highest BCUT2D eigenvalue weighted by atomic mass is 32.1. The van der Waals surface area contributed by atoms with Gasteiger partial charge in [-0.2, -0.15) is 0 Å². The summed E-state index contributed by atoms with van der Waals surface area (Å²) >= 11 is 1.74. The van der Waals surface area contributed by atoms with Crippen LogP contribution >= 0.6 is 11.3 Å².